The molecule has 2 aliphatic carbocycles. The van der Waals surface area contributed by atoms with E-state index in [0.29, 0.717) is 29.1 Å². The van der Waals surface area contributed by atoms with Crippen molar-refractivity contribution < 1.29 is 14.0 Å². The molecule has 1 saturated heterocycles. The molecule has 3 heterocycles. The van der Waals surface area contributed by atoms with E-state index >= 15 is 0 Å². The molecule has 2 saturated carbocycles. The van der Waals surface area contributed by atoms with Crippen LogP contribution >= 0.6 is 0 Å². The van der Waals surface area contributed by atoms with Gasteiger partial charge in [-0.25, -0.2) is 4.39 Å². The first-order chi connectivity index (χ1) is 20.2. The molecule has 224 valence electrons. The molecule has 0 atom stereocenters. The molecule has 3 aliphatic rings. The van der Waals surface area contributed by atoms with E-state index in [2.05, 4.69) is 28.3 Å². The lowest BCUT2D eigenvalue weighted by molar-refractivity contribution is -0.126. The second-order valence-electron chi connectivity index (χ2n) is 13.3. The number of carbonyl (C=O) groups is 2. The molecule has 1 aromatic carbocycles. The molecule has 42 heavy (non-hydrogen) atoms. The predicted molar refractivity (Wildman–Crippen MR) is 163 cm³/mol. The van der Waals surface area contributed by atoms with Crippen molar-refractivity contribution in [1.82, 2.24) is 24.7 Å². The van der Waals surface area contributed by atoms with Gasteiger partial charge < -0.3 is 19.7 Å². The predicted octanol–water partition coefficient (Wildman–Crippen LogP) is 5.51. The Morgan fingerprint density at radius 1 is 1.07 bits per heavy atom. The Hall–Kier alpha value is -3.26. The van der Waals surface area contributed by atoms with Crippen molar-refractivity contribution >= 4 is 22.7 Å². The number of fused-ring (bicyclic) bond motifs is 1. The first kappa shape index (κ1) is 28.8. The number of nitrogens with zero attached hydrogens (tertiary/aromatic N) is 4. The van der Waals surface area contributed by atoms with Gasteiger partial charge in [0.15, 0.2) is 0 Å². The lowest BCUT2D eigenvalue weighted by Crippen LogP contribution is -2.49. The van der Waals surface area contributed by atoms with Crippen LogP contribution in [-0.4, -0.2) is 69.9 Å². The fraction of sp³-hybridized carbons (Fsp3) is 0.559. The van der Waals surface area contributed by atoms with Crippen LogP contribution in [0.15, 0.2) is 36.8 Å². The SMILES string of the molecule is Cc1cncc2c1c(CC1CN(C[C@H]3CC[C@H](C(=O)NC4CC4)CC3)C1)cn2-c1ccc(F)cc1C(=O)N(C)C(C)C. The Morgan fingerprint density at radius 2 is 1.81 bits per heavy atom. The van der Waals surface area contributed by atoms with Gasteiger partial charge in [0.25, 0.3) is 5.91 Å². The van der Waals surface area contributed by atoms with Gasteiger partial charge in [0.05, 0.1) is 23.0 Å². The van der Waals surface area contributed by atoms with E-state index in [9.17, 15) is 14.0 Å². The average molecular weight is 574 g/mol. The second kappa shape index (κ2) is 11.8. The first-order valence-electron chi connectivity index (χ1n) is 15.7. The van der Waals surface area contributed by atoms with E-state index in [1.807, 2.05) is 30.8 Å². The number of carbonyl (C=O) groups excluding carboxylic acids is 2. The zero-order chi connectivity index (χ0) is 29.5. The topological polar surface area (TPSA) is 70.5 Å². The summed E-state index contributed by atoms with van der Waals surface area (Å²) in [7, 11) is 1.76. The Balaban J connectivity index is 1.13. The fourth-order valence-electron chi connectivity index (χ4n) is 6.89. The molecule has 2 aromatic heterocycles. The number of halogens is 1. The van der Waals surface area contributed by atoms with Crippen molar-refractivity contribution in [3.8, 4) is 5.69 Å². The molecule has 3 aromatic rings. The summed E-state index contributed by atoms with van der Waals surface area (Å²) in [6.07, 6.45) is 13.5. The van der Waals surface area contributed by atoms with E-state index in [0.717, 1.165) is 75.7 Å². The Labute approximate surface area is 248 Å². The van der Waals surface area contributed by atoms with Crippen molar-refractivity contribution in [3.05, 3.63) is 59.3 Å². The summed E-state index contributed by atoms with van der Waals surface area (Å²) in [5.41, 5.74) is 4.32. The third kappa shape index (κ3) is 5.96. The molecular weight excluding hydrogens is 529 g/mol. The number of amides is 2. The highest BCUT2D eigenvalue weighted by Crippen LogP contribution is 2.35. The largest absolute Gasteiger partial charge is 0.353 e. The molecule has 0 radical (unpaired) electrons. The summed E-state index contributed by atoms with van der Waals surface area (Å²) in [5, 5.41) is 4.36. The Kier molecular flexibility index (Phi) is 8.09. The number of pyridine rings is 1. The highest BCUT2D eigenvalue weighted by atomic mass is 19.1. The van der Waals surface area contributed by atoms with Crippen LogP contribution in [0.3, 0.4) is 0 Å². The van der Waals surface area contributed by atoms with Crippen molar-refractivity contribution in [1.29, 1.82) is 0 Å². The van der Waals surface area contributed by atoms with E-state index in [1.165, 1.54) is 23.1 Å². The van der Waals surface area contributed by atoms with Gasteiger partial charge in [-0.15, -0.1) is 0 Å². The van der Waals surface area contributed by atoms with Gasteiger partial charge in [-0.3, -0.25) is 14.6 Å². The molecule has 1 N–H and O–H groups in total. The monoisotopic (exact) mass is 573 g/mol. The van der Waals surface area contributed by atoms with Crippen molar-refractivity contribution in [3.63, 3.8) is 0 Å². The first-order valence-corrected chi connectivity index (χ1v) is 15.7. The molecule has 8 heteroatoms. The molecule has 0 bridgehead atoms. The smallest absolute Gasteiger partial charge is 0.256 e. The van der Waals surface area contributed by atoms with Gasteiger partial charge in [0, 0.05) is 62.5 Å². The number of rotatable bonds is 9. The molecular formula is C34H44FN5O2. The molecule has 3 fully saturated rings. The summed E-state index contributed by atoms with van der Waals surface area (Å²) in [4.78, 5) is 34.5. The van der Waals surface area contributed by atoms with E-state index in [1.54, 1.807) is 18.0 Å². The fourth-order valence-corrected chi connectivity index (χ4v) is 6.89. The van der Waals surface area contributed by atoms with Gasteiger partial charge in [-0.05, 0) is 107 Å². The van der Waals surface area contributed by atoms with Crippen molar-refractivity contribution in [2.75, 3.05) is 26.7 Å². The van der Waals surface area contributed by atoms with Crippen LogP contribution in [0.4, 0.5) is 4.39 Å². The summed E-state index contributed by atoms with van der Waals surface area (Å²) in [5.74, 6) is 1.13. The maximum atomic E-state index is 14.4. The summed E-state index contributed by atoms with van der Waals surface area (Å²) in [6.45, 7) is 9.28. The average Bonchev–Trinajstić information content (AvgIpc) is 3.69. The Morgan fingerprint density at radius 3 is 2.50 bits per heavy atom. The van der Waals surface area contributed by atoms with Gasteiger partial charge in [-0.2, -0.15) is 0 Å². The second-order valence-corrected chi connectivity index (χ2v) is 13.3. The van der Waals surface area contributed by atoms with Crippen LogP contribution in [-0.2, 0) is 11.2 Å². The minimum Gasteiger partial charge on any atom is -0.353 e. The number of aromatic nitrogens is 2. The van der Waals surface area contributed by atoms with E-state index in [-0.39, 0.29) is 23.8 Å². The van der Waals surface area contributed by atoms with Crippen molar-refractivity contribution in [2.24, 2.45) is 17.8 Å². The Bertz CT molecular complexity index is 1460. The number of aryl methyl sites for hydroxylation is 1. The van der Waals surface area contributed by atoms with Crippen molar-refractivity contribution in [2.45, 2.75) is 77.8 Å². The maximum Gasteiger partial charge on any atom is 0.256 e. The molecule has 6 rings (SSSR count). The van der Waals surface area contributed by atoms with Gasteiger partial charge in [0.1, 0.15) is 5.82 Å². The molecule has 7 nitrogen and oxygen atoms in total. The molecule has 0 unspecified atom stereocenters. The highest BCUT2D eigenvalue weighted by molar-refractivity contribution is 5.99. The lowest BCUT2D eigenvalue weighted by Gasteiger charge is -2.42. The van der Waals surface area contributed by atoms with E-state index < -0.39 is 5.82 Å². The van der Waals surface area contributed by atoms with Crippen LogP contribution in [0.25, 0.3) is 16.6 Å². The molecule has 1 aliphatic heterocycles. The van der Waals surface area contributed by atoms with Crippen LogP contribution in [0, 0.1) is 30.5 Å². The zero-order valence-electron chi connectivity index (χ0n) is 25.4. The van der Waals surface area contributed by atoms with Gasteiger partial charge in [-0.1, -0.05) is 0 Å². The normalized spacial score (nSPS) is 21.5. The third-order valence-electron chi connectivity index (χ3n) is 9.72. The van der Waals surface area contributed by atoms with Gasteiger partial charge in [0.2, 0.25) is 5.91 Å². The van der Waals surface area contributed by atoms with E-state index in [4.69, 9.17) is 0 Å². The van der Waals surface area contributed by atoms with Crippen LogP contribution in [0.2, 0.25) is 0 Å². The summed E-state index contributed by atoms with van der Waals surface area (Å²) < 4.78 is 16.4. The number of nitrogens with one attached hydrogen (secondary N) is 1. The number of hydrogen-bond donors (Lipinski definition) is 1. The maximum absolute atomic E-state index is 14.4. The minimum absolute atomic E-state index is 0.00193. The highest BCUT2D eigenvalue weighted by Gasteiger charge is 2.34. The van der Waals surface area contributed by atoms with Crippen LogP contribution in [0.5, 0.6) is 0 Å². The number of hydrogen-bond acceptors (Lipinski definition) is 4. The summed E-state index contributed by atoms with van der Waals surface area (Å²) in [6, 6.07) is 4.93. The minimum atomic E-state index is -0.421. The molecule has 2 amide bonds. The van der Waals surface area contributed by atoms with Crippen LogP contribution in [0.1, 0.15) is 73.9 Å². The number of benzene rings is 1. The number of likely N-dealkylation sites (tertiary alicyclic amines) is 1. The molecule has 0 spiro atoms. The zero-order valence-corrected chi connectivity index (χ0v) is 25.4. The van der Waals surface area contributed by atoms with Crippen LogP contribution < -0.4 is 5.32 Å². The quantitative estimate of drug-likeness (QED) is 0.366. The standard InChI is InChI=1S/C34H44FN5O2/c1-21(2)38(4)34(42)29-14-27(35)9-12-30(29)40-20-26(32-22(3)15-36-16-31(32)40)13-24-18-39(19-24)17-23-5-7-25(8-6-23)33(41)37-28-10-11-28/h9,12,14-16,20-21,23-25,28H,5-8,10-11,13,17-19H2,1-4H3,(H,37,41)/t23-,25-. The summed E-state index contributed by atoms with van der Waals surface area (Å²) >= 11 is 0. The lowest BCUT2D eigenvalue weighted by atomic mass is 9.80. The third-order valence-corrected chi connectivity index (χ3v) is 9.72. The van der Waals surface area contributed by atoms with Gasteiger partial charge >= 0.3 is 0 Å².